The predicted molar refractivity (Wildman–Crippen MR) is 107 cm³/mol. The average molecular weight is 473 g/mol. The molecule has 1 aromatic rings. The molecule has 1 saturated heterocycles. The average Bonchev–Trinajstić information content (AvgIpc) is 3.07. The number of oxime groups is 1. The standard InChI is InChI=1S/C14H19N5O8S2.Na.H/c1-3-4-5-27-18-8(7-6-28-14(15)16-7)11(20)17-9-10(13(22)26-2)19(12(9)21)29(23,24)25;;/h6,9-10H,3-5H2,1-2H3,(H2,15,16)(H,17,20)(H,23,24,25);;/b18-8-;;. The van der Waals surface area contributed by atoms with Crippen molar-refractivity contribution in [2.75, 3.05) is 19.5 Å². The minimum atomic E-state index is -5.03. The number of nitrogens with one attached hydrogen (secondary N) is 1. The van der Waals surface area contributed by atoms with Crippen molar-refractivity contribution >= 4 is 79.8 Å². The number of β-lactam (4-membered cyclic amide) rings is 1. The third-order valence-corrected chi connectivity index (χ3v) is 5.33. The molecule has 0 spiro atoms. The van der Waals surface area contributed by atoms with Gasteiger partial charge in [-0.3, -0.25) is 14.1 Å². The van der Waals surface area contributed by atoms with Gasteiger partial charge in [-0.1, -0.05) is 18.5 Å². The Morgan fingerprint density at radius 3 is 2.63 bits per heavy atom. The molecule has 13 nitrogen and oxygen atoms in total. The fraction of sp³-hybridized carbons (Fsp3) is 0.500. The van der Waals surface area contributed by atoms with Gasteiger partial charge in [0.2, 0.25) is 0 Å². The van der Waals surface area contributed by atoms with Gasteiger partial charge in [-0.15, -0.1) is 11.3 Å². The topological polar surface area (TPSA) is 191 Å². The molecule has 2 heterocycles. The molecule has 4 N–H and O–H groups in total. The van der Waals surface area contributed by atoms with E-state index in [1.807, 2.05) is 6.92 Å². The number of anilines is 1. The van der Waals surface area contributed by atoms with E-state index in [0.717, 1.165) is 24.9 Å². The summed E-state index contributed by atoms with van der Waals surface area (Å²) >= 11 is 1.03. The van der Waals surface area contributed by atoms with E-state index in [9.17, 15) is 22.8 Å². The van der Waals surface area contributed by atoms with Crippen LogP contribution in [0.2, 0.25) is 0 Å². The summed E-state index contributed by atoms with van der Waals surface area (Å²) in [5, 5.41) is 7.50. The third-order valence-electron chi connectivity index (χ3n) is 3.75. The van der Waals surface area contributed by atoms with Gasteiger partial charge in [-0.2, -0.15) is 12.7 Å². The first-order valence-electron chi connectivity index (χ1n) is 8.22. The van der Waals surface area contributed by atoms with Gasteiger partial charge in [-0.25, -0.2) is 9.78 Å². The summed E-state index contributed by atoms with van der Waals surface area (Å²) in [5.41, 5.74) is 5.30. The third kappa shape index (κ3) is 5.89. The van der Waals surface area contributed by atoms with E-state index >= 15 is 0 Å². The number of nitrogens with zero attached hydrogens (tertiary/aromatic N) is 3. The SMILES string of the molecule is CCCCO/N=C(\C(=O)NC1C(=O)N(S(=O)(=O)O)C1C(=O)OC)c1csc(N)n1.[NaH]. The van der Waals surface area contributed by atoms with E-state index in [-0.39, 0.29) is 57.0 Å². The molecule has 0 saturated carbocycles. The molecular weight excluding hydrogens is 453 g/mol. The molecule has 2 unspecified atom stereocenters. The van der Waals surface area contributed by atoms with Crippen molar-refractivity contribution < 1.29 is 36.9 Å². The summed E-state index contributed by atoms with van der Waals surface area (Å²) in [6, 6.07) is -3.37. The second-order valence-electron chi connectivity index (χ2n) is 5.73. The molecule has 16 heteroatoms. The van der Waals surface area contributed by atoms with Crippen LogP contribution in [0.1, 0.15) is 25.5 Å². The van der Waals surface area contributed by atoms with E-state index in [4.69, 9.17) is 15.1 Å². The predicted octanol–water partition coefficient (Wildman–Crippen LogP) is -1.73. The molecule has 0 radical (unpaired) electrons. The second-order valence-corrected chi connectivity index (χ2v) is 7.91. The van der Waals surface area contributed by atoms with Gasteiger partial charge in [-0.05, 0) is 6.42 Å². The number of carbonyl (C=O) groups excluding carboxylic acids is 3. The Hall–Kier alpha value is -1.78. The number of rotatable bonds is 9. The summed E-state index contributed by atoms with van der Waals surface area (Å²) in [6.45, 7) is 2.15. The fourth-order valence-electron chi connectivity index (χ4n) is 2.34. The molecule has 2 atom stereocenters. The molecule has 1 aliphatic rings. The van der Waals surface area contributed by atoms with Crippen LogP contribution in [0.15, 0.2) is 10.5 Å². The van der Waals surface area contributed by atoms with Crippen LogP contribution in [0.4, 0.5) is 5.13 Å². The van der Waals surface area contributed by atoms with Crippen LogP contribution in [0, 0.1) is 0 Å². The van der Waals surface area contributed by atoms with E-state index in [1.165, 1.54) is 5.38 Å². The number of methoxy groups -OCH3 is 1. The van der Waals surface area contributed by atoms with Crippen molar-refractivity contribution in [3.05, 3.63) is 11.1 Å². The van der Waals surface area contributed by atoms with Gasteiger partial charge >= 0.3 is 45.8 Å². The number of thiazole rings is 1. The Morgan fingerprint density at radius 2 is 2.13 bits per heavy atom. The first kappa shape index (κ1) is 26.3. The number of hydrogen-bond acceptors (Lipinski definition) is 11. The van der Waals surface area contributed by atoms with E-state index in [1.54, 1.807) is 0 Å². The van der Waals surface area contributed by atoms with Gasteiger partial charge < -0.3 is 20.6 Å². The molecule has 0 bridgehead atoms. The molecule has 0 aliphatic carbocycles. The Bertz CT molecular complexity index is 935. The molecule has 1 aromatic heterocycles. The van der Waals surface area contributed by atoms with Crippen molar-refractivity contribution in [2.24, 2.45) is 5.16 Å². The zero-order chi connectivity index (χ0) is 21.8. The number of amides is 2. The number of carbonyl (C=O) groups is 3. The Kier molecular flexibility index (Phi) is 9.64. The Labute approximate surface area is 198 Å². The van der Waals surface area contributed by atoms with Crippen molar-refractivity contribution in [3.63, 3.8) is 0 Å². The molecule has 1 aliphatic heterocycles. The number of esters is 1. The van der Waals surface area contributed by atoms with Gasteiger partial charge in [0.05, 0.1) is 7.11 Å². The van der Waals surface area contributed by atoms with Gasteiger partial charge in [0.25, 0.3) is 11.8 Å². The van der Waals surface area contributed by atoms with E-state index in [0.29, 0.717) is 6.42 Å². The Balaban J connectivity index is 0.00000450. The van der Waals surface area contributed by atoms with Crippen molar-refractivity contribution in [1.82, 2.24) is 14.6 Å². The summed E-state index contributed by atoms with van der Waals surface area (Å²) in [6.07, 6.45) is 1.50. The number of ether oxygens (including phenoxy) is 1. The number of aromatic nitrogens is 1. The zero-order valence-corrected chi connectivity index (χ0v) is 17.0. The van der Waals surface area contributed by atoms with Crippen LogP contribution < -0.4 is 11.1 Å². The second kappa shape index (κ2) is 11.0. The van der Waals surface area contributed by atoms with E-state index in [2.05, 4.69) is 20.2 Å². The maximum absolute atomic E-state index is 12.6. The first-order chi connectivity index (χ1) is 13.6. The van der Waals surface area contributed by atoms with Gasteiger partial charge in [0, 0.05) is 5.38 Å². The van der Waals surface area contributed by atoms with Crippen LogP contribution in [0.5, 0.6) is 0 Å². The summed E-state index contributed by atoms with van der Waals surface area (Å²) in [4.78, 5) is 45.6. The quantitative estimate of drug-likeness (QED) is 0.0706. The van der Waals surface area contributed by atoms with E-state index < -0.39 is 40.2 Å². The molecule has 162 valence electrons. The molecule has 1 fully saturated rings. The molecule has 30 heavy (non-hydrogen) atoms. The number of unbranched alkanes of at least 4 members (excludes halogenated alkanes) is 1. The number of nitrogens with two attached hydrogens (primary N) is 1. The van der Waals surface area contributed by atoms with Gasteiger partial charge in [0.15, 0.2) is 16.9 Å². The van der Waals surface area contributed by atoms with Crippen LogP contribution in [-0.2, 0) is 34.3 Å². The molecule has 0 aromatic carbocycles. The van der Waals surface area contributed by atoms with Crippen molar-refractivity contribution in [1.29, 1.82) is 0 Å². The molecule has 2 rings (SSSR count). The zero-order valence-electron chi connectivity index (χ0n) is 15.4. The number of nitrogen functional groups attached to an aromatic ring is 1. The van der Waals surface area contributed by atoms with Crippen molar-refractivity contribution in [2.45, 2.75) is 31.8 Å². The van der Waals surface area contributed by atoms with Crippen LogP contribution in [0.3, 0.4) is 0 Å². The summed E-state index contributed by atoms with van der Waals surface area (Å²) < 4.78 is 36.1. The van der Waals surface area contributed by atoms with Crippen LogP contribution in [0.25, 0.3) is 0 Å². The normalized spacial score (nSPS) is 18.8. The van der Waals surface area contributed by atoms with Gasteiger partial charge in [0.1, 0.15) is 18.3 Å². The first-order valence-corrected chi connectivity index (χ1v) is 10.5. The Morgan fingerprint density at radius 1 is 1.47 bits per heavy atom. The van der Waals surface area contributed by atoms with Crippen LogP contribution in [-0.4, -0.2) is 101 Å². The summed E-state index contributed by atoms with van der Waals surface area (Å²) in [5.74, 6) is -3.34. The number of hydrogen-bond donors (Lipinski definition) is 3. The fourth-order valence-corrected chi connectivity index (χ4v) is 3.73. The van der Waals surface area contributed by atoms with Crippen molar-refractivity contribution in [3.8, 4) is 0 Å². The monoisotopic (exact) mass is 473 g/mol. The molecular formula is C14H20N5NaO8S2. The maximum atomic E-state index is 12.6. The van der Waals surface area contributed by atoms with Crippen LogP contribution >= 0.6 is 11.3 Å². The molecule has 2 amide bonds. The summed E-state index contributed by atoms with van der Waals surface area (Å²) in [7, 11) is -4.07. The minimum absolute atomic E-state index is 0.